The molecule has 1 unspecified atom stereocenters. The van der Waals surface area contributed by atoms with Crippen LogP contribution in [0.15, 0.2) is 36.7 Å². The molecular weight excluding hydrogens is 376 g/mol. The van der Waals surface area contributed by atoms with Crippen LogP contribution in [-0.2, 0) is 13.1 Å². The van der Waals surface area contributed by atoms with Crippen LogP contribution in [0.1, 0.15) is 31.2 Å². The topological polar surface area (TPSA) is 62.6 Å². The van der Waals surface area contributed by atoms with E-state index in [0.29, 0.717) is 24.7 Å². The maximum Gasteiger partial charge on any atom is 0.124 e. The Bertz CT molecular complexity index is 688. The summed E-state index contributed by atoms with van der Waals surface area (Å²) in [6, 6.07) is 7.54. The first-order chi connectivity index (χ1) is 13.7. The molecule has 2 N–H and O–H groups in total. The smallest absolute Gasteiger partial charge is 0.124 e. The molecule has 1 aromatic carbocycles. The van der Waals surface area contributed by atoms with E-state index in [4.69, 9.17) is 16.3 Å². The van der Waals surface area contributed by atoms with E-state index in [2.05, 4.69) is 15.3 Å². The van der Waals surface area contributed by atoms with Crippen LogP contribution in [0, 0.1) is 0 Å². The van der Waals surface area contributed by atoms with Crippen molar-refractivity contribution < 1.29 is 9.84 Å². The van der Waals surface area contributed by atoms with Crippen molar-refractivity contribution in [1.82, 2.24) is 20.0 Å². The van der Waals surface area contributed by atoms with Crippen LogP contribution >= 0.6 is 11.6 Å². The molecule has 3 rings (SSSR count). The lowest BCUT2D eigenvalue weighted by atomic mass is 10.2. The Morgan fingerprint density at radius 2 is 2.04 bits per heavy atom. The number of hydrogen-bond acceptors (Lipinski definition) is 5. The molecule has 6 nitrogen and oxygen atoms in total. The fourth-order valence-electron chi connectivity index (χ4n) is 3.53. The summed E-state index contributed by atoms with van der Waals surface area (Å²) in [6.45, 7) is 5.36. The van der Waals surface area contributed by atoms with Gasteiger partial charge in [-0.2, -0.15) is 5.10 Å². The van der Waals surface area contributed by atoms with E-state index in [-0.39, 0.29) is 0 Å². The first kappa shape index (κ1) is 21.1. The van der Waals surface area contributed by atoms with Crippen molar-refractivity contribution in [2.45, 2.75) is 44.9 Å². The highest BCUT2D eigenvalue weighted by Crippen LogP contribution is 2.23. The zero-order valence-electron chi connectivity index (χ0n) is 16.4. The number of β-amino-alcohol motifs (C(OH)–C–C–N with tert-alkyl or cyclic N) is 1. The Labute approximate surface area is 172 Å². The van der Waals surface area contributed by atoms with Gasteiger partial charge in [0.1, 0.15) is 18.5 Å². The maximum atomic E-state index is 10.4. The molecule has 0 bridgehead atoms. The van der Waals surface area contributed by atoms with Gasteiger partial charge in [0, 0.05) is 42.6 Å². The Hall–Kier alpha value is -1.60. The molecular formula is C21H31ClN4O2. The Morgan fingerprint density at radius 3 is 2.79 bits per heavy atom. The number of halogens is 1. The third kappa shape index (κ3) is 7.09. The lowest BCUT2D eigenvalue weighted by Gasteiger charge is -2.23. The first-order valence-corrected chi connectivity index (χ1v) is 10.6. The molecule has 1 atom stereocenters. The standard InChI is InChI=1S/C21H31ClN4O2/c22-19-6-7-21(18(14-19)15-23-9-13-26-12-5-8-24-26)28-17-20(27)16-25-10-3-1-2-4-11-25/h5-8,12,14,20,23,27H,1-4,9-11,13,15-17H2. The minimum atomic E-state index is -0.491. The van der Waals surface area contributed by atoms with Crippen molar-refractivity contribution in [2.24, 2.45) is 0 Å². The van der Waals surface area contributed by atoms with Gasteiger partial charge in [-0.3, -0.25) is 4.68 Å². The first-order valence-electron chi connectivity index (χ1n) is 10.2. The lowest BCUT2D eigenvalue weighted by Crippen LogP contribution is -2.36. The highest BCUT2D eigenvalue weighted by Gasteiger charge is 2.15. The van der Waals surface area contributed by atoms with Gasteiger partial charge >= 0.3 is 0 Å². The number of aliphatic hydroxyl groups excluding tert-OH is 1. The fraction of sp³-hybridized carbons (Fsp3) is 0.571. The number of benzene rings is 1. The van der Waals surface area contributed by atoms with Gasteiger partial charge in [-0.1, -0.05) is 24.4 Å². The number of aliphatic hydroxyl groups is 1. The summed E-state index contributed by atoms with van der Waals surface area (Å²) in [5.41, 5.74) is 0.995. The van der Waals surface area contributed by atoms with Crippen molar-refractivity contribution in [1.29, 1.82) is 0 Å². The Balaban J connectivity index is 1.45. The molecule has 0 aliphatic carbocycles. The number of aromatic nitrogens is 2. The van der Waals surface area contributed by atoms with Crippen LogP contribution in [0.3, 0.4) is 0 Å². The molecule has 0 spiro atoms. The minimum absolute atomic E-state index is 0.290. The second kappa shape index (κ2) is 11.4. The van der Waals surface area contributed by atoms with Crippen LogP contribution in [0.5, 0.6) is 5.75 Å². The van der Waals surface area contributed by atoms with Crippen LogP contribution in [0.4, 0.5) is 0 Å². The van der Waals surface area contributed by atoms with E-state index in [0.717, 1.165) is 37.5 Å². The SMILES string of the molecule is OC(COc1ccc(Cl)cc1CNCCn1cccn1)CN1CCCCCC1. The number of likely N-dealkylation sites (tertiary alicyclic amines) is 1. The summed E-state index contributed by atoms with van der Waals surface area (Å²) in [5, 5.41) is 18.7. The van der Waals surface area contributed by atoms with E-state index >= 15 is 0 Å². The molecule has 154 valence electrons. The zero-order chi connectivity index (χ0) is 19.6. The molecule has 1 aromatic heterocycles. The maximum absolute atomic E-state index is 10.4. The van der Waals surface area contributed by atoms with E-state index in [1.165, 1.54) is 25.7 Å². The predicted octanol–water partition coefficient (Wildman–Crippen LogP) is 2.94. The number of nitrogens with zero attached hydrogens (tertiary/aromatic N) is 3. The molecule has 1 fully saturated rings. The van der Waals surface area contributed by atoms with Gasteiger partial charge in [-0.15, -0.1) is 0 Å². The largest absolute Gasteiger partial charge is 0.491 e. The third-order valence-electron chi connectivity index (χ3n) is 5.01. The number of hydrogen-bond donors (Lipinski definition) is 2. The molecule has 2 heterocycles. The van der Waals surface area contributed by atoms with E-state index in [1.54, 1.807) is 6.20 Å². The molecule has 0 radical (unpaired) electrons. The van der Waals surface area contributed by atoms with Gasteiger partial charge in [-0.05, 0) is 50.2 Å². The van der Waals surface area contributed by atoms with Crippen LogP contribution in [0.2, 0.25) is 5.02 Å². The van der Waals surface area contributed by atoms with Crippen molar-refractivity contribution in [3.8, 4) is 5.75 Å². The van der Waals surface area contributed by atoms with Gasteiger partial charge in [0.25, 0.3) is 0 Å². The number of rotatable bonds is 10. The average molecular weight is 407 g/mol. The molecule has 1 aliphatic rings. The quantitative estimate of drug-likeness (QED) is 0.594. The second-order valence-corrected chi connectivity index (χ2v) is 7.81. The zero-order valence-corrected chi connectivity index (χ0v) is 17.2. The highest BCUT2D eigenvalue weighted by atomic mass is 35.5. The van der Waals surface area contributed by atoms with Crippen LogP contribution in [-0.4, -0.2) is 58.7 Å². The predicted molar refractivity (Wildman–Crippen MR) is 112 cm³/mol. The summed E-state index contributed by atoms with van der Waals surface area (Å²) in [4.78, 5) is 2.35. The fourth-order valence-corrected chi connectivity index (χ4v) is 3.73. The van der Waals surface area contributed by atoms with Gasteiger partial charge in [0.2, 0.25) is 0 Å². The number of ether oxygens (including phenoxy) is 1. The van der Waals surface area contributed by atoms with Crippen LogP contribution in [0.25, 0.3) is 0 Å². The van der Waals surface area contributed by atoms with Crippen molar-refractivity contribution in [2.75, 3.05) is 32.8 Å². The molecule has 7 heteroatoms. The summed E-state index contributed by atoms with van der Waals surface area (Å²) in [5.74, 6) is 0.769. The van der Waals surface area contributed by atoms with E-state index < -0.39 is 6.10 Å². The van der Waals surface area contributed by atoms with Crippen molar-refractivity contribution in [3.05, 3.63) is 47.2 Å². The molecule has 1 aliphatic heterocycles. The van der Waals surface area contributed by atoms with Crippen molar-refractivity contribution in [3.63, 3.8) is 0 Å². The van der Waals surface area contributed by atoms with Crippen LogP contribution < -0.4 is 10.1 Å². The normalized spacial score (nSPS) is 16.6. The average Bonchev–Trinajstić information content (AvgIpc) is 3.08. The highest BCUT2D eigenvalue weighted by molar-refractivity contribution is 6.30. The molecule has 2 aromatic rings. The third-order valence-corrected chi connectivity index (χ3v) is 5.25. The molecule has 0 saturated carbocycles. The lowest BCUT2D eigenvalue weighted by molar-refractivity contribution is 0.0690. The monoisotopic (exact) mass is 406 g/mol. The summed E-state index contributed by atoms with van der Waals surface area (Å²) in [7, 11) is 0. The van der Waals surface area contributed by atoms with Gasteiger partial charge < -0.3 is 20.1 Å². The second-order valence-electron chi connectivity index (χ2n) is 7.38. The minimum Gasteiger partial charge on any atom is -0.491 e. The van der Waals surface area contributed by atoms with Gasteiger partial charge in [0.05, 0.1) is 6.54 Å². The molecule has 28 heavy (non-hydrogen) atoms. The van der Waals surface area contributed by atoms with E-state index in [9.17, 15) is 5.11 Å². The van der Waals surface area contributed by atoms with E-state index in [1.807, 2.05) is 35.1 Å². The Morgan fingerprint density at radius 1 is 1.21 bits per heavy atom. The Kier molecular flexibility index (Phi) is 8.61. The number of nitrogens with one attached hydrogen (secondary N) is 1. The summed E-state index contributed by atoms with van der Waals surface area (Å²) < 4.78 is 7.83. The van der Waals surface area contributed by atoms with Gasteiger partial charge in [-0.25, -0.2) is 0 Å². The van der Waals surface area contributed by atoms with Gasteiger partial charge in [0.15, 0.2) is 0 Å². The molecule has 0 amide bonds. The van der Waals surface area contributed by atoms with Crippen molar-refractivity contribution >= 4 is 11.6 Å². The summed E-state index contributed by atoms with van der Waals surface area (Å²) >= 11 is 6.16. The molecule has 1 saturated heterocycles. The summed E-state index contributed by atoms with van der Waals surface area (Å²) in [6.07, 6.45) is 8.27.